The molecule has 1 aromatic heterocycles. The first-order chi connectivity index (χ1) is 17.2. The molecule has 7 nitrogen and oxygen atoms in total. The number of rotatable bonds is 6. The Kier molecular flexibility index (Phi) is 7.13. The van der Waals surface area contributed by atoms with Crippen LogP contribution in [0.15, 0.2) is 47.4 Å². The van der Waals surface area contributed by atoms with Crippen molar-refractivity contribution in [2.75, 3.05) is 31.1 Å². The van der Waals surface area contributed by atoms with Gasteiger partial charge in [0.1, 0.15) is 11.3 Å². The zero-order chi connectivity index (χ0) is 25.4. The van der Waals surface area contributed by atoms with Crippen LogP contribution in [0.1, 0.15) is 43.5 Å². The third-order valence-corrected chi connectivity index (χ3v) is 9.71. The van der Waals surface area contributed by atoms with E-state index in [1.165, 1.54) is 34.4 Å². The van der Waals surface area contributed by atoms with Crippen molar-refractivity contribution in [2.24, 2.45) is 11.8 Å². The van der Waals surface area contributed by atoms with Gasteiger partial charge in [0.15, 0.2) is 5.13 Å². The van der Waals surface area contributed by atoms with Gasteiger partial charge in [0.25, 0.3) is 5.91 Å². The number of fused-ring (bicyclic) bond motifs is 1. The number of sulfonamides is 1. The molecule has 0 N–H and O–H groups in total. The van der Waals surface area contributed by atoms with Crippen molar-refractivity contribution in [3.8, 4) is 0 Å². The van der Waals surface area contributed by atoms with Crippen LogP contribution in [-0.2, 0) is 14.8 Å². The number of halogens is 1. The van der Waals surface area contributed by atoms with Crippen LogP contribution in [-0.4, -0.2) is 56.0 Å². The molecule has 3 heterocycles. The quantitative estimate of drug-likeness (QED) is 0.451. The van der Waals surface area contributed by atoms with Crippen LogP contribution >= 0.6 is 11.3 Å². The molecule has 2 fully saturated rings. The van der Waals surface area contributed by atoms with Gasteiger partial charge in [-0.2, -0.15) is 4.31 Å². The fourth-order valence-corrected chi connectivity index (χ4v) is 7.80. The summed E-state index contributed by atoms with van der Waals surface area (Å²) in [6.07, 6.45) is 2.62. The van der Waals surface area contributed by atoms with Crippen molar-refractivity contribution >= 4 is 42.6 Å². The number of carbonyl (C=O) groups is 1. The maximum absolute atomic E-state index is 14.3. The first-order valence-corrected chi connectivity index (χ1v) is 14.6. The summed E-state index contributed by atoms with van der Waals surface area (Å²) in [5.41, 5.74) is 0.570. The highest BCUT2D eigenvalue weighted by Gasteiger charge is 2.32. The number of thiazole rings is 1. The van der Waals surface area contributed by atoms with Crippen molar-refractivity contribution in [1.82, 2.24) is 9.29 Å². The van der Waals surface area contributed by atoms with E-state index in [9.17, 15) is 17.6 Å². The fourth-order valence-electron chi connectivity index (χ4n) is 5.13. The Balaban J connectivity index is 1.43. The molecule has 2 aromatic carbocycles. The Morgan fingerprint density at radius 3 is 2.53 bits per heavy atom. The molecule has 3 unspecified atom stereocenters. The van der Waals surface area contributed by atoms with Crippen LogP contribution in [0.3, 0.4) is 0 Å². The van der Waals surface area contributed by atoms with E-state index in [1.807, 2.05) is 0 Å². The lowest BCUT2D eigenvalue weighted by Gasteiger charge is -2.34. The van der Waals surface area contributed by atoms with E-state index >= 15 is 0 Å². The number of nitrogens with zero attached hydrogens (tertiary/aromatic N) is 3. The van der Waals surface area contributed by atoms with E-state index in [-0.39, 0.29) is 22.4 Å². The molecule has 3 aromatic rings. The third kappa shape index (κ3) is 5.04. The molecule has 2 aliphatic heterocycles. The van der Waals surface area contributed by atoms with Gasteiger partial charge in [-0.1, -0.05) is 31.3 Å². The summed E-state index contributed by atoms with van der Waals surface area (Å²) in [6, 6.07) is 10.8. The van der Waals surface area contributed by atoms with E-state index < -0.39 is 15.8 Å². The highest BCUT2D eigenvalue weighted by atomic mass is 32.2. The lowest BCUT2D eigenvalue weighted by molar-refractivity contribution is 0.0917. The summed E-state index contributed by atoms with van der Waals surface area (Å²) in [4.78, 5) is 19.8. The highest BCUT2D eigenvalue weighted by Crippen LogP contribution is 2.32. The van der Waals surface area contributed by atoms with Crippen LogP contribution < -0.4 is 4.90 Å². The number of amides is 1. The Morgan fingerprint density at radius 1 is 1.17 bits per heavy atom. The van der Waals surface area contributed by atoms with Crippen LogP contribution in [0, 0.1) is 17.7 Å². The molecule has 2 saturated heterocycles. The average molecular weight is 532 g/mol. The summed E-state index contributed by atoms with van der Waals surface area (Å²) in [6.45, 7) is 6.06. The second-order valence-electron chi connectivity index (χ2n) is 9.93. The molecule has 0 spiro atoms. The number of piperidine rings is 1. The SMILES string of the molecule is CC1CC(C)CN(S(=O)(=O)c2ccc(C(=O)N(CC3CCCO3)c3nc4c(F)cccc4s3)cc2)C1. The van der Waals surface area contributed by atoms with Gasteiger partial charge in [-0.05, 0) is 67.5 Å². The minimum absolute atomic E-state index is 0.131. The van der Waals surface area contributed by atoms with E-state index in [4.69, 9.17) is 4.74 Å². The minimum Gasteiger partial charge on any atom is -0.376 e. The second kappa shape index (κ2) is 10.2. The first-order valence-electron chi connectivity index (χ1n) is 12.3. The largest absolute Gasteiger partial charge is 0.376 e. The molecule has 5 rings (SSSR count). The van der Waals surface area contributed by atoms with Gasteiger partial charge in [0.2, 0.25) is 10.0 Å². The summed E-state index contributed by atoms with van der Waals surface area (Å²) in [5, 5.41) is 0.392. The monoisotopic (exact) mass is 531 g/mol. The lowest BCUT2D eigenvalue weighted by atomic mass is 9.94. The average Bonchev–Trinajstić information content (AvgIpc) is 3.52. The number of hydrogen-bond acceptors (Lipinski definition) is 6. The Labute approximate surface area is 214 Å². The van der Waals surface area contributed by atoms with E-state index in [2.05, 4.69) is 18.8 Å². The fraction of sp³-hybridized carbons (Fsp3) is 0.462. The molecule has 192 valence electrons. The number of para-hydroxylation sites is 1. The van der Waals surface area contributed by atoms with Crippen molar-refractivity contribution < 1.29 is 22.3 Å². The number of anilines is 1. The molecule has 1 amide bonds. The number of benzene rings is 2. The van der Waals surface area contributed by atoms with E-state index in [0.29, 0.717) is 53.5 Å². The predicted octanol–water partition coefficient (Wildman–Crippen LogP) is 4.93. The maximum Gasteiger partial charge on any atom is 0.260 e. The minimum atomic E-state index is -3.65. The topological polar surface area (TPSA) is 79.8 Å². The van der Waals surface area contributed by atoms with Gasteiger partial charge in [0.05, 0.1) is 22.2 Å². The van der Waals surface area contributed by atoms with E-state index in [0.717, 1.165) is 19.3 Å². The zero-order valence-electron chi connectivity index (χ0n) is 20.4. The molecular formula is C26H30FN3O4S2. The Bertz CT molecular complexity index is 1340. The normalized spacial score (nSPS) is 23.2. The standard InChI is InChI=1S/C26H30FN3O4S2/c1-17-13-18(2)15-29(14-17)36(32,33)21-10-8-19(9-11-21)25(31)30(16-20-5-4-12-34-20)26-28-24-22(27)6-3-7-23(24)35-26/h3,6-11,17-18,20H,4-5,12-16H2,1-2H3. The van der Waals surface area contributed by atoms with Gasteiger partial charge < -0.3 is 4.74 Å². The van der Waals surface area contributed by atoms with Gasteiger partial charge in [-0.3, -0.25) is 9.69 Å². The number of hydrogen-bond donors (Lipinski definition) is 0. The molecule has 0 radical (unpaired) electrons. The van der Waals surface area contributed by atoms with Crippen molar-refractivity contribution in [3.05, 3.63) is 53.8 Å². The molecular weight excluding hydrogens is 501 g/mol. The number of ether oxygens (including phenoxy) is 1. The molecule has 0 bridgehead atoms. The molecule has 0 aliphatic carbocycles. The number of carbonyl (C=O) groups excluding carboxylic acids is 1. The summed E-state index contributed by atoms with van der Waals surface area (Å²) < 4.78 is 48.8. The molecule has 0 saturated carbocycles. The zero-order valence-corrected chi connectivity index (χ0v) is 22.0. The summed E-state index contributed by atoms with van der Waals surface area (Å²) in [5.74, 6) is -0.159. The van der Waals surface area contributed by atoms with Crippen LogP contribution in [0.25, 0.3) is 10.2 Å². The van der Waals surface area contributed by atoms with Crippen LogP contribution in [0.4, 0.5) is 9.52 Å². The third-order valence-electron chi connectivity index (χ3n) is 6.82. The van der Waals surface area contributed by atoms with Crippen molar-refractivity contribution in [2.45, 2.75) is 44.1 Å². The number of aromatic nitrogens is 1. The van der Waals surface area contributed by atoms with Crippen molar-refractivity contribution in [1.29, 1.82) is 0 Å². The maximum atomic E-state index is 14.3. The smallest absolute Gasteiger partial charge is 0.260 e. The Hall–Kier alpha value is -2.40. The molecule has 36 heavy (non-hydrogen) atoms. The first kappa shape index (κ1) is 25.3. The van der Waals surface area contributed by atoms with Crippen LogP contribution in [0.5, 0.6) is 0 Å². The van der Waals surface area contributed by atoms with Gasteiger partial charge in [-0.15, -0.1) is 0 Å². The van der Waals surface area contributed by atoms with Gasteiger partial charge in [0, 0.05) is 25.3 Å². The molecule has 3 atom stereocenters. The van der Waals surface area contributed by atoms with Gasteiger partial charge in [-0.25, -0.2) is 17.8 Å². The van der Waals surface area contributed by atoms with Gasteiger partial charge >= 0.3 is 0 Å². The van der Waals surface area contributed by atoms with Crippen molar-refractivity contribution in [3.63, 3.8) is 0 Å². The molecule has 10 heteroatoms. The summed E-state index contributed by atoms with van der Waals surface area (Å²) >= 11 is 1.25. The second-order valence-corrected chi connectivity index (χ2v) is 12.9. The van der Waals surface area contributed by atoms with E-state index in [1.54, 1.807) is 28.6 Å². The van der Waals surface area contributed by atoms with Crippen LogP contribution in [0.2, 0.25) is 0 Å². The Morgan fingerprint density at radius 2 is 1.89 bits per heavy atom. The highest BCUT2D eigenvalue weighted by molar-refractivity contribution is 7.89. The predicted molar refractivity (Wildman–Crippen MR) is 138 cm³/mol. The molecule has 2 aliphatic rings. The summed E-state index contributed by atoms with van der Waals surface area (Å²) in [7, 11) is -3.65. The lowest BCUT2D eigenvalue weighted by Crippen LogP contribution is -2.42.